The molecule has 10 heteroatoms. The van der Waals surface area contributed by atoms with E-state index in [9.17, 15) is 18.0 Å². The molecule has 0 aromatic heterocycles. The van der Waals surface area contributed by atoms with Crippen molar-refractivity contribution in [3.8, 4) is 0 Å². The largest absolute Gasteiger partial charge is 0.352 e. The summed E-state index contributed by atoms with van der Waals surface area (Å²) >= 11 is 12.3. The molecule has 38 heavy (non-hydrogen) atoms. The SMILES string of the molecule is CC(C)NC(=O)[C@H](Cc1ccccc1)N(Cc1ccccc1Cl)C(=O)CN(C)S(=O)(=O)c1ccc(Cl)cc1. The van der Waals surface area contributed by atoms with Crippen LogP contribution in [0.2, 0.25) is 10.0 Å². The van der Waals surface area contributed by atoms with Gasteiger partial charge in [0.1, 0.15) is 6.04 Å². The molecule has 0 saturated carbocycles. The second-order valence-electron chi connectivity index (χ2n) is 9.20. The van der Waals surface area contributed by atoms with Crippen LogP contribution in [0.5, 0.6) is 0 Å². The third-order valence-electron chi connectivity index (χ3n) is 5.88. The van der Waals surface area contributed by atoms with E-state index >= 15 is 0 Å². The van der Waals surface area contributed by atoms with Crippen molar-refractivity contribution in [1.29, 1.82) is 0 Å². The van der Waals surface area contributed by atoms with Gasteiger partial charge in [-0.15, -0.1) is 0 Å². The molecule has 0 fully saturated rings. The maximum Gasteiger partial charge on any atom is 0.243 e. The van der Waals surface area contributed by atoms with Gasteiger partial charge in [0, 0.05) is 36.1 Å². The van der Waals surface area contributed by atoms with E-state index in [4.69, 9.17) is 23.2 Å². The fourth-order valence-electron chi connectivity index (χ4n) is 3.90. The highest BCUT2D eigenvalue weighted by Gasteiger charge is 2.33. The summed E-state index contributed by atoms with van der Waals surface area (Å²) in [4.78, 5) is 28.6. The zero-order valence-corrected chi connectivity index (χ0v) is 23.8. The molecule has 0 aliphatic rings. The number of halogens is 2. The Bertz CT molecular complexity index is 1350. The summed E-state index contributed by atoms with van der Waals surface area (Å²) in [5.74, 6) is -0.878. The first kappa shape index (κ1) is 29.6. The Balaban J connectivity index is 1.98. The molecule has 3 aromatic rings. The predicted octanol–water partition coefficient (Wildman–Crippen LogP) is 4.78. The first-order chi connectivity index (χ1) is 18.0. The van der Waals surface area contributed by atoms with Gasteiger partial charge >= 0.3 is 0 Å². The molecule has 0 bridgehead atoms. The van der Waals surface area contributed by atoms with Crippen LogP contribution < -0.4 is 5.32 Å². The first-order valence-electron chi connectivity index (χ1n) is 12.1. The van der Waals surface area contributed by atoms with E-state index in [-0.39, 0.29) is 29.8 Å². The second kappa shape index (κ2) is 13.2. The van der Waals surface area contributed by atoms with E-state index < -0.39 is 28.5 Å². The number of likely N-dealkylation sites (N-methyl/N-ethyl adjacent to an activating group) is 1. The van der Waals surface area contributed by atoms with Crippen molar-refractivity contribution in [1.82, 2.24) is 14.5 Å². The molecule has 0 saturated heterocycles. The molecule has 3 aromatic carbocycles. The van der Waals surface area contributed by atoms with E-state index in [1.807, 2.05) is 44.2 Å². The minimum atomic E-state index is -3.99. The fourth-order valence-corrected chi connectivity index (χ4v) is 5.34. The molecule has 7 nitrogen and oxygen atoms in total. The molecule has 1 N–H and O–H groups in total. The fraction of sp³-hybridized carbons (Fsp3) is 0.286. The number of amides is 2. The Morgan fingerprint density at radius 1 is 0.895 bits per heavy atom. The minimum absolute atomic E-state index is 0.00763. The molecule has 202 valence electrons. The molecule has 0 radical (unpaired) electrons. The molecular formula is C28H31Cl2N3O4S. The van der Waals surface area contributed by atoms with E-state index in [1.54, 1.807) is 24.3 Å². The van der Waals surface area contributed by atoms with E-state index in [1.165, 1.54) is 36.2 Å². The van der Waals surface area contributed by atoms with Gasteiger partial charge in [-0.1, -0.05) is 71.7 Å². The van der Waals surface area contributed by atoms with Crippen LogP contribution in [0.4, 0.5) is 0 Å². The van der Waals surface area contributed by atoms with Crippen LogP contribution >= 0.6 is 23.2 Å². The predicted molar refractivity (Wildman–Crippen MR) is 150 cm³/mol. The van der Waals surface area contributed by atoms with Crippen molar-refractivity contribution in [3.63, 3.8) is 0 Å². The average Bonchev–Trinajstić information content (AvgIpc) is 2.87. The Kier molecular flexibility index (Phi) is 10.3. The molecule has 2 amide bonds. The number of nitrogens with one attached hydrogen (secondary N) is 1. The standard InChI is InChI=1S/C28H31Cl2N3O4S/c1-20(2)31-28(35)26(17-21-9-5-4-6-10-21)33(18-22-11-7-8-12-25(22)30)27(34)19-32(3)38(36,37)24-15-13-23(29)14-16-24/h4-16,20,26H,17-19H2,1-3H3,(H,31,35)/t26-/m0/s1. The smallest absolute Gasteiger partial charge is 0.243 e. The van der Waals surface area contributed by atoms with Crippen molar-refractivity contribution in [2.75, 3.05) is 13.6 Å². The lowest BCUT2D eigenvalue weighted by molar-refractivity contribution is -0.141. The topological polar surface area (TPSA) is 86.8 Å². The number of nitrogens with zero attached hydrogens (tertiary/aromatic N) is 2. The number of hydrogen-bond donors (Lipinski definition) is 1. The number of carbonyl (C=O) groups excluding carboxylic acids is 2. The van der Waals surface area contributed by atoms with Gasteiger partial charge in [-0.2, -0.15) is 4.31 Å². The Morgan fingerprint density at radius 2 is 1.50 bits per heavy atom. The third kappa shape index (κ3) is 7.80. The lowest BCUT2D eigenvalue weighted by atomic mass is 10.0. The number of benzene rings is 3. The van der Waals surface area contributed by atoms with Crippen LogP contribution in [0.1, 0.15) is 25.0 Å². The molecule has 1 atom stereocenters. The Labute approximate surface area is 234 Å². The number of rotatable bonds is 11. The normalized spacial score (nSPS) is 12.4. The quantitative estimate of drug-likeness (QED) is 0.356. The van der Waals surface area contributed by atoms with Crippen LogP contribution in [0.15, 0.2) is 83.8 Å². The molecule has 0 aliphatic carbocycles. The lowest BCUT2D eigenvalue weighted by Crippen LogP contribution is -2.54. The van der Waals surface area contributed by atoms with Gasteiger partial charge in [-0.05, 0) is 55.3 Å². The molecule has 0 unspecified atom stereocenters. The summed E-state index contributed by atoms with van der Waals surface area (Å²) in [5, 5.41) is 3.74. The van der Waals surface area contributed by atoms with Gasteiger partial charge in [-0.25, -0.2) is 8.42 Å². The van der Waals surface area contributed by atoms with Gasteiger partial charge in [-0.3, -0.25) is 9.59 Å². The van der Waals surface area contributed by atoms with Crippen LogP contribution in [-0.4, -0.2) is 55.1 Å². The van der Waals surface area contributed by atoms with Crippen LogP contribution in [0.3, 0.4) is 0 Å². The van der Waals surface area contributed by atoms with Crippen molar-refractivity contribution < 1.29 is 18.0 Å². The van der Waals surface area contributed by atoms with Gasteiger partial charge in [0.2, 0.25) is 21.8 Å². The van der Waals surface area contributed by atoms with Crippen molar-refractivity contribution >= 4 is 45.0 Å². The second-order valence-corrected chi connectivity index (χ2v) is 12.1. The molecule has 0 heterocycles. The highest BCUT2D eigenvalue weighted by molar-refractivity contribution is 7.89. The maximum absolute atomic E-state index is 13.8. The number of carbonyl (C=O) groups is 2. The van der Waals surface area contributed by atoms with Crippen LogP contribution in [-0.2, 0) is 32.6 Å². The summed E-state index contributed by atoms with van der Waals surface area (Å²) in [6, 6.07) is 21.0. The Morgan fingerprint density at radius 3 is 2.11 bits per heavy atom. The summed E-state index contributed by atoms with van der Waals surface area (Å²) in [5.41, 5.74) is 1.50. The van der Waals surface area contributed by atoms with Crippen LogP contribution in [0.25, 0.3) is 0 Å². The van der Waals surface area contributed by atoms with Gasteiger partial charge < -0.3 is 10.2 Å². The summed E-state index contributed by atoms with van der Waals surface area (Å²) in [6.07, 6.45) is 0.239. The molecular weight excluding hydrogens is 545 g/mol. The highest BCUT2D eigenvalue weighted by Crippen LogP contribution is 2.22. The lowest BCUT2D eigenvalue weighted by Gasteiger charge is -2.33. The average molecular weight is 577 g/mol. The van der Waals surface area contributed by atoms with Crippen LogP contribution in [0, 0.1) is 0 Å². The van der Waals surface area contributed by atoms with E-state index in [2.05, 4.69) is 5.32 Å². The van der Waals surface area contributed by atoms with E-state index in [0.717, 1.165) is 9.87 Å². The highest BCUT2D eigenvalue weighted by atomic mass is 35.5. The number of hydrogen-bond acceptors (Lipinski definition) is 4. The monoisotopic (exact) mass is 575 g/mol. The van der Waals surface area contributed by atoms with E-state index in [0.29, 0.717) is 15.6 Å². The zero-order valence-electron chi connectivity index (χ0n) is 21.5. The van der Waals surface area contributed by atoms with Gasteiger partial charge in [0.15, 0.2) is 0 Å². The summed E-state index contributed by atoms with van der Waals surface area (Å²) < 4.78 is 27.3. The van der Waals surface area contributed by atoms with Gasteiger partial charge in [0.05, 0.1) is 11.4 Å². The summed E-state index contributed by atoms with van der Waals surface area (Å²) in [7, 11) is -2.66. The maximum atomic E-state index is 13.8. The third-order valence-corrected chi connectivity index (χ3v) is 8.32. The zero-order chi connectivity index (χ0) is 27.9. The number of sulfonamides is 1. The first-order valence-corrected chi connectivity index (χ1v) is 14.3. The van der Waals surface area contributed by atoms with Crippen molar-refractivity contribution in [2.24, 2.45) is 0 Å². The van der Waals surface area contributed by atoms with Crippen molar-refractivity contribution in [3.05, 3.63) is 100 Å². The molecule has 3 rings (SSSR count). The Hall–Kier alpha value is -2.91. The molecule has 0 aliphatic heterocycles. The minimum Gasteiger partial charge on any atom is -0.352 e. The van der Waals surface area contributed by atoms with Gasteiger partial charge in [0.25, 0.3) is 0 Å². The van der Waals surface area contributed by atoms with Crippen molar-refractivity contribution in [2.45, 2.75) is 43.8 Å². The molecule has 0 spiro atoms. The summed E-state index contributed by atoms with van der Waals surface area (Å²) in [6.45, 7) is 3.22.